The van der Waals surface area contributed by atoms with Crippen molar-refractivity contribution in [1.29, 1.82) is 0 Å². The summed E-state index contributed by atoms with van der Waals surface area (Å²) in [6.45, 7) is 2.25. The molecule has 25 heavy (non-hydrogen) atoms. The highest BCUT2D eigenvalue weighted by Crippen LogP contribution is 2.20. The Bertz CT molecular complexity index is 950. The summed E-state index contributed by atoms with van der Waals surface area (Å²) < 4.78 is 20.8. The number of fused-ring (bicyclic) bond motifs is 1. The number of carbonyl (C=O) groups is 1. The molecule has 0 saturated carbocycles. The zero-order chi connectivity index (χ0) is 17.8. The molecule has 0 aliphatic carbocycles. The average molecular weight is 342 g/mol. The first-order valence-electron chi connectivity index (χ1n) is 7.91. The normalized spacial score (nSPS) is 11.0. The molecule has 2 heterocycles. The Kier molecular flexibility index (Phi) is 5.00. The lowest BCUT2D eigenvalue weighted by atomic mass is 10.1. The standard InChI is InChI=1S/C19H18O6/c1-3-12-4-6-15-13(9-18(20)25-17(15)8-12)10-23-19(21)16-7-5-14(24-16)11-22-2/h4-9H,3,10-11H2,1-2H3. The lowest BCUT2D eigenvalue weighted by molar-refractivity contribution is 0.0431. The van der Waals surface area contributed by atoms with E-state index in [9.17, 15) is 9.59 Å². The minimum absolute atomic E-state index is 0.0489. The van der Waals surface area contributed by atoms with E-state index >= 15 is 0 Å². The van der Waals surface area contributed by atoms with Crippen LogP contribution in [-0.4, -0.2) is 13.1 Å². The minimum atomic E-state index is -0.603. The second kappa shape index (κ2) is 7.36. The number of ether oxygens (including phenoxy) is 2. The lowest BCUT2D eigenvalue weighted by Gasteiger charge is -2.07. The molecule has 0 saturated heterocycles. The van der Waals surface area contributed by atoms with Crippen LogP contribution in [0.15, 0.2) is 50.0 Å². The highest BCUT2D eigenvalue weighted by molar-refractivity contribution is 5.87. The maximum Gasteiger partial charge on any atom is 0.374 e. The maximum atomic E-state index is 12.1. The van der Waals surface area contributed by atoms with Gasteiger partial charge >= 0.3 is 11.6 Å². The van der Waals surface area contributed by atoms with E-state index in [-0.39, 0.29) is 19.0 Å². The van der Waals surface area contributed by atoms with Gasteiger partial charge in [0.05, 0.1) is 0 Å². The van der Waals surface area contributed by atoms with Gasteiger partial charge in [-0.3, -0.25) is 0 Å². The van der Waals surface area contributed by atoms with Gasteiger partial charge in [-0.1, -0.05) is 19.1 Å². The van der Waals surface area contributed by atoms with Crippen molar-refractivity contribution in [2.45, 2.75) is 26.6 Å². The van der Waals surface area contributed by atoms with E-state index in [4.69, 9.17) is 18.3 Å². The molecule has 6 heteroatoms. The van der Waals surface area contributed by atoms with Crippen LogP contribution in [0.4, 0.5) is 0 Å². The smallest absolute Gasteiger partial charge is 0.374 e. The van der Waals surface area contributed by atoms with Crippen LogP contribution in [0.1, 0.15) is 34.4 Å². The number of aryl methyl sites for hydroxylation is 1. The molecule has 0 radical (unpaired) electrons. The molecule has 130 valence electrons. The molecule has 3 aromatic rings. The first-order valence-corrected chi connectivity index (χ1v) is 7.91. The third-order valence-electron chi connectivity index (χ3n) is 3.81. The number of rotatable bonds is 6. The molecule has 0 bridgehead atoms. The molecule has 6 nitrogen and oxygen atoms in total. The number of benzene rings is 1. The van der Waals surface area contributed by atoms with Crippen LogP contribution < -0.4 is 5.63 Å². The molecule has 1 aromatic carbocycles. The Morgan fingerprint density at radius 3 is 2.68 bits per heavy atom. The van der Waals surface area contributed by atoms with Crippen LogP contribution in [0.2, 0.25) is 0 Å². The molecule has 0 fully saturated rings. The van der Waals surface area contributed by atoms with Crippen molar-refractivity contribution < 1.29 is 23.1 Å². The molecule has 0 aliphatic heterocycles. The quantitative estimate of drug-likeness (QED) is 0.504. The molecule has 0 N–H and O–H groups in total. The predicted octanol–water partition coefficient (Wildman–Crippen LogP) is 3.45. The topological polar surface area (TPSA) is 78.9 Å². The van der Waals surface area contributed by atoms with E-state index in [0.29, 0.717) is 16.9 Å². The minimum Gasteiger partial charge on any atom is -0.455 e. The SMILES string of the molecule is CCc1ccc2c(COC(=O)c3ccc(COC)o3)cc(=O)oc2c1. The summed E-state index contributed by atoms with van der Waals surface area (Å²) in [7, 11) is 1.54. The summed E-state index contributed by atoms with van der Waals surface area (Å²) >= 11 is 0. The van der Waals surface area contributed by atoms with Gasteiger partial charge in [0.25, 0.3) is 0 Å². The van der Waals surface area contributed by atoms with Gasteiger partial charge in [-0.2, -0.15) is 0 Å². The number of hydrogen-bond acceptors (Lipinski definition) is 6. The lowest BCUT2D eigenvalue weighted by Crippen LogP contribution is -2.07. The molecule has 0 atom stereocenters. The van der Waals surface area contributed by atoms with Crippen molar-refractivity contribution in [1.82, 2.24) is 0 Å². The van der Waals surface area contributed by atoms with Gasteiger partial charge in [0.15, 0.2) is 0 Å². The van der Waals surface area contributed by atoms with E-state index < -0.39 is 11.6 Å². The molecule has 3 rings (SSSR count). The van der Waals surface area contributed by atoms with Crippen LogP contribution >= 0.6 is 0 Å². The average Bonchev–Trinajstić information content (AvgIpc) is 3.07. The van der Waals surface area contributed by atoms with Crippen molar-refractivity contribution in [3.63, 3.8) is 0 Å². The zero-order valence-corrected chi connectivity index (χ0v) is 14.0. The molecule has 0 amide bonds. The highest BCUT2D eigenvalue weighted by Gasteiger charge is 2.14. The Labute approximate surface area is 144 Å². The first kappa shape index (κ1) is 17.0. The van der Waals surface area contributed by atoms with Crippen molar-refractivity contribution in [2.75, 3.05) is 7.11 Å². The van der Waals surface area contributed by atoms with Crippen molar-refractivity contribution in [2.24, 2.45) is 0 Å². The van der Waals surface area contributed by atoms with Crippen molar-refractivity contribution in [3.8, 4) is 0 Å². The molecular formula is C19H18O6. The number of carbonyl (C=O) groups excluding carboxylic acids is 1. The van der Waals surface area contributed by atoms with E-state index in [0.717, 1.165) is 17.4 Å². The summed E-state index contributed by atoms with van der Waals surface area (Å²) in [6, 6.07) is 10.2. The van der Waals surface area contributed by atoms with Crippen LogP contribution in [0.3, 0.4) is 0 Å². The predicted molar refractivity (Wildman–Crippen MR) is 90.4 cm³/mol. The number of hydrogen-bond donors (Lipinski definition) is 0. The highest BCUT2D eigenvalue weighted by atomic mass is 16.5. The molecule has 0 aliphatic rings. The first-order chi connectivity index (χ1) is 12.1. The summed E-state index contributed by atoms with van der Waals surface area (Å²) in [5.41, 5.74) is 1.66. The summed E-state index contributed by atoms with van der Waals surface area (Å²) in [5.74, 6) is 0.0221. The van der Waals surface area contributed by atoms with Gasteiger partial charge in [-0.25, -0.2) is 9.59 Å². The van der Waals surface area contributed by atoms with Crippen LogP contribution in [0.5, 0.6) is 0 Å². The second-order valence-electron chi connectivity index (χ2n) is 5.55. The summed E-state index contributed by atoms with van der Waals surface area (Å²) in [4.78, 5) is 23.9. The third-order valence-corrected chi connectivity index (χ3v) is 3.81. The largest absolute Gasteiger partial charge is 0.455 e. The molecule has 0 unspecified atom stereocenters. The van der Waals surface area contributed by atoms with Crippen molar-refractivity contribution in [3.05, 3.63) is 69.5 Å². The van der Waals surface area contributed by atoms with Gasteiger partial charge in [0.2, 0.25) is 5.76 Å². The Balaban J connectivity index is 1.80. The molecule has 0 spiro atoms. The van der Waals surface area contributed by atoms with E-state index in [2.05, 4.69) is 0 Å². The summed E-state index contributed by atoms with van der Waals surface area (Å²) in [6.07, 6.45) is 0.834. The fourth-order valence-corrected chi connectivity index (χ4v) is 2.54. The third kappa shape index (κ3) is 3.80. The maximum absolute atomic E-state index is 12.1. The van der Waals surface area contributed by atoms with E-state index in [1.165, 1.54) is 19.2 Å². The van der Waals surface area contributed by atoms with Gasteiger partial charge in [-0.15, -0.1) is 0 Å². The van der Waals surface area contributed by atoms with E-state index in [1.54, 1.807) is 6.07 Å². The van der Waals surface area contributed by atoms with Gasteiger partial charge in [-0.05, 0) is 30.2 Å². The van der Waals surface area contributed by atoms with Crippen LogP contribution in [-0.2, 0) is 29.1 Å². The zero-order valence-electron chi connectivity index (χ0n) is 14.0. The molecule has 2 aromatic heterocycles. The Morgan fingerprint density at radius 1 is 1.08 bits per heavy atom. The van der Waals surface area contributed by atoms with Crippen molar-refractivity contribution >= 4 is 16.9 Å². The number of methoxy groups -OCH3 is 1. The fraction of sp³-hybridized carbons (Fsp3) is 0.263. The number of furan rings is 1. The molecular weight excluding hydrogens is 324 g/mol. The monoisotopic (exact) mass is 342 g/mol. The Morgan fingerprint density at radius 2 is 1.92 bits per heavy atom. The van der Waals surface area contributed by atoms with Gasteiger partial charge in [0, 0.05) is 24.1 Å². The van der Waals surface area contributed by atoms with E-state index in [1.807, 2.05) is 25.1 Å². The summed E-state index contributed by atoms with van der Waals surface area (Å²) in [5, 5.41) is 0.740. The van der Waals surface area contributed by atoms with Gasteiger partial charge in [0.1, 0.15) is 24.6 Å². The van der Waals surface area contributed by atoms with Crippen LogP contribution in [0, 0.1) is 0 Å². The second-order valence-corrected chi connectivity index (χ2v) is 5.55. The van der Waals surface area contributed by atoms with Crippen LogP contribution in [0.25, 0.3) is 11.0 Å². The van der Waals surface area contributed by atoms with Gasteiger partial charge < -0.3 is 18.3 Å². The fourth-order valence-electron chi connectivity index (χ4n) is 2.54. The number of esters is 1. The Hall–Kier alpha value is -2.86.